The van der Waals surface area contributed by atoms with Crippen LogP contribution in [0, 0.1) is 5.92 Å². The van der Waals surface area contributed by atoms with E-state index in [0.717, 1.165) is 36.9 Å². The van der Waals surface area contributed by atoms with Gasteiger partial charge in [-0.1, -0.05) is 0 Å². The Bertz CT molecular complexity index is 465. The number of hydrogen-bond donors (Lipinski definition) is 1. The number of likely N-dealkylation sites (tertiary alicyclic amines) is 1. The number of nitrogens with zero attached hydrogens (tertiary/aromatic N) is 2. The van der Waals surface area contributed by atoms with E-state index >= 15 is 0 Å². The summed E-state index contributed by atoms with van der Waals surface area (Å²) in [6.45, 7) is 2.75. The minimum Gasteiger partial charge on any atom is -0.354 e. The zero-order chi connectivity index (χ0) is 12.5. The van der Waals surface area contributed by atoms with Crippen molar-refractivity contribution in [3.63, 3.8) is 0 Å². The number of hydrogen-bond acceptors (Lipinski definition) is 3. The van der Waals surface area contributed by atoms with E-state index in [4.69, 9.17) is 0 Å². The average molecular weight is 310 g/mol. The number of carbonyl (C=O) groups is 1. The van der Waals surface area contributed by atoms with Gasteiger partial charge in [0, 0.05) is 36.0 Å². The highest BCUT2D eigenvalue weighted by molar-refractivity contribution is 9.10. The summed E-state index contributed by atoms with van der Waals surface area (Å²) in [4.78, 5) is 18.3. The first kappa shape index (κ1) is 12.1. The van der Waals surface area contributed by atoms with Crippen LogP contribution < -0.4 is 5.32 Å². The zero-order valence-electron chi connectivity index (χ0n) is 10.1. The maximum absolute atomic E-state index is 11.7. The Balaban J connectivity index is 1.74. The summed E-state index contributed by atoms with van der Waals surface area (Å²) in [5.74, 6) is 0.427. The standard InChI is InChI=1S/C13H16BrN3O/c14-10-4-9(5-15-6-10)8-17-3-1-2-11-12(17)7-16-13(11)18/h4-6,11-12H,1-3,7-8H2,(H,16,18). The van der Waals surface area contributed by atoms with Gasteiger partial charge in [0.05, 0.1) is 5.92 Å². The molecule has 1 N–H and O–H groups in total. The summed E-state index contributed by atoms with van der Waals surface area (Å²) in [5.41, 5.74) is 1.20. The van der Waals surface area contributed by atoms with Gasteiger partial charge >= 0.3 is 0 Å². The van der Waals surface area contributed by atoms with Gasteiger partial charge in [0.25, 0.3) is 0 Å². The van der Waals surface area contributed by atoms with Crippen LogP contribution >= 0.6 is 15.9 Å². The van der Waals surface area contributed by atoms with Crippen LogP contribution in [0.3, 0.4) is 0 Å². The van der Waals surface area contributed by atoms with Crippen molar-refractivity contribution in [2.75, 3.05) is 13.1 Å². The summed E-state index contributed by atoms with van der Waals surface area (Å²) in [6, 6.07) is 2.46. The summed E-state index contributed by atoms with van der Waals surface area (Å²) in [6.07, 6.45) is 5.83. The van der Waals surface area contributed by atoms with Crippen LogP contribution in [0.2, 0.25) is 0 Å². The van der Waals surface area contributed by atoms with Crippen molar-refractivity contribution in [1.82, 2.24) is 15.2 Å². The second-order valence-corrected chi connectivity index (χ2v) is 5.96. The number of fused-ring (bicyclic) bond motifs is 1. The van der Waals surface area contributed by atoms with Gasteiger partial charge in [0.2, 0.25) is 5.91 Å². The summed E-state index contributed by atoms with van der Waals surface area (Å²) < 4.78 is 1.01. The molecule has 0 spiro atoms. The third-order valence-corrected chi connectivity index (χ3v) is 4.30. The highest BCUT2D eigenvalue weighted by Crippen LogP contribution is 2.28. The molecule has 4 nitrogen and oxygen atoms in total. The van der Waals surface area contributed by atoms with Crippen LogP contribution in [-0.4, -0.2) is 34.9 Å². The maximum Gasteiger partial charge on any atom is 0.224 e. The molecule has 2 aliphatic heterocycles. The Morgan fingerprint density at radius 3 is 3.22 bits per heavy atom. The smallest absolute Gasteiger partial charge is 0.224 e. The molecule has 96 valence electrons. The molecule has 0 aromatic carbocycles. The lowest BCUT2D eigenvalue weighted by Gasteiger charge is -2.35. The summed E-state index contributed by atoms with van der Waals surface area (Å²) >= 11 is 3.45. The van der Waals surface area contributed by atoms with Crippen molar-refractivity contribution < 1.29 is 4.79 Å². The number of aromatic nitrogens is 1. The molecule has 3 heterocycles. The number of pyridine rings is 1. The van der Waals surface area contributed by atoms with E-state index in [-0.39, 0.29) is 11.8 Å². The molecule has 3 rings (SSSR count). The van der Waals surface area contributed by atoms with Gasteiger partial charge in [-0.05, 0) is 46.9 Å². The largest absolute Gasteiger partial charge is 0.354 e. The van der Waals surface area contributed by atoms with Crippen molar-refractivity contribution in [1.29, 1.82) is 0 Å². The average Bonchev–Trinajstić information content (AvgIpc) is 2.73. The van der Waals surface area contributed by atoms with Crippen molar-refractivity contribution in [3.05, 3.63) is 28.5 Å². The van der Waals surface area contributed by atoms with Crippen LogP contribution in [0.5, 0.6) is 0 Å². The monoisotopic (exact) mass is 309 g/mol. The first-order valence-corrected chi connectivity index (χ1v) is 7.14. The van der Waals surface area contributed by atoms with Crippen molar-refractivity contribution in [2.45, 2.75) is 25.4 Å². The zero-order valence-corrected chi connectivity index (χ0v) is 11.7. The van der Waals surface area contributed by atoms with Crippen LogP contribution in [0.4, 0.5) is 0 Å². The van der Waals surface area contributed by atoms with Gasteiger partial charge in [-0.3, -0.25) is 14.7 Å². The highest BCUT2D eigenvalue weighted by atomic mass is 79.9. The Kier molecular flexibility index (Phi) is 3.35. The van der Waals surface area contributed by atoms with Crippen molar-refractivity contribution in [2.24, 2.45) is 5.92 Å². The first-order chi connectivity index (χ1) is 8.74. The van der Waals surface area contributed by atoms with Crippen LogP contribution in [0.15, 0.2) is 22.9 Å². The number of halogens is 1. The number of carbonyl (C=O) groups excluding carboxylic acids is 1. The van der Waals surface area contributed by atoms with Crippen LogP contribution in [0.1, 0.15) is 18.4 Å². The van der Waals surface area contributed by atoms with E-state index in [1.165, 1.54) is 5.56 Å². The molecule has 1 aromatic rings. The van der Waals surface area contributed by atoms with Gasteiger partial charge in [-0.2, -0.15) is 0 Å². The number of amides is 1. The fourth-order valence-electron chi connectivity index (χ4n) is 3.01. The molecule has 2 fully saturated rings. The van der Waals surface area contributed by atoms with Gasteiger partial charge in [-0.15, -0.1) is 0 Å². The van der Waals surface area contributed by atoms with Gasteiger partial charge in [0.15, 0.2) is 0 Å². The molecule has 0 aliphatic carbocycles. The normalized spacial score (nSPS) is 27.9. The van der Waals surface area contributed by atoms with Crippen molar-refractivity contribution in [3.8, 4) is 0 Å². The molecule has 1 aromatic heterocycles. The van der Waals surface area contributed by atoms with Crippen molar-refractivity contribution >= 4 is 21.8 Å². The quantitative estimate of drug-likeness (QED) is 0.901. The first-order valence-electron chi connectivity index (χ1n) is 6.35. The van der Waals surface area contributed by atoms with E-state index in [9.17, 15) is 4.79 Å². The Hall–Kier alpha value is -0.940. The molecule has 0 bridgehead atoms. The molecule has 2 atom stereocenters. The molecular formula is C13H16BrN3O. The highest BCUT2D eigenvalue weighted by Gasteiger charge is 2.40. The summed E-state index contributed by atoms with van der Waals surface area (Å²) in [7, 11) is 0. The molecule has 2 unspecified atom stereocenters. The minimum atomic E-state index is 0.193. The molecule has 0 saturated carbocycles. The Morgan fingerprint density at radius 2 is 2.39 bits per heavy atom. The number of rotatable bonds is 2. The molecular weight excluding hydrogens is 294 g/mol. The molecule has 1 amide bonds. The lowest BCUT2D eigenvalue weighted by atomic mass is 9.91. The van der Waals surface area contributed by atoms with E-state index < -0.39 is 0 Å². The second-order valence-electron chi connectivity index (χ2n) is 5.04. The third kappa shape index (κ3) is 2.29. The van der Waals surface area contributed by atoms with E-state index in [1.807, 2.05) is 6.20 Å². The third-order valence-electron chi connectivity index (χ3n) is 3.86. The van der Waals surface area contributed by atoms with Gasteiger partial charge < -0.3 is 5.32 Å². The molecule has 5 heteroatoms. The van der Waals surface area contributed by atoms with Gasteiger partial charge in [-0.25, -0.2) is 0 Å². The maximum atomic E-state index is 11.7. The molecule has 2 aliphatic rings. The van der Waals surface area contributed by atoms with Crippen LogP contribution in [0.25, 0.3) is 0 Å². The Labute approximate surface area is 115 Å². The topological polar surface area (TPSA) is 45.2 Å². The second kappa shape index (κ2) is 4.97. The Morgan fingerprint density at radius 1 is 1.50 bits per heavy atom. The molecule has 18 heavy (non-hydrogen) atoms. The van der Waals surface area contributed by atoms with Gasteiger partial charge in [0.1, 0.15) is 0 Å². The van der Waals surface area contributed by atoms with E-state index in [2.05, 4.69) is 37.2 Å². The van der Waals surface area contributed by atoms with Crippen LogP contribution in [-0.2, 0) is 11.3 Å². The predicted molar refractivity (Wildman–Crippen MR) is 71.9 cm³/mol. The number of nitrogens with one attached hydrogen (secondary N) is 1. The van der Waals surface area contributed by atoms with E-state index in [0.29, 0.717) is 6.04 Å². The summed E-state index contributed by atoms with van der Waals surface area (Å²) in [5, 5.41) is 2.98. The minimum absolute atomic E-state index is 0.193. The predicted octanol–water partition coefficient (Wildman–Crippen LogP) is 1.55. The lowest BCUT2D eigenvalue weighted by Crippen LogP contribution is -2.44. The fraction of sp³-hybridized carbons (Fsp3) is 0.538. The SMILES string of the molecule is O=C1NCC2C1CCCN2Cc1cncc(Br)c1. The lowest BCUT2D eigenvalue weighted by molar-refractivity contribution is -0.124. The fourth-order valence-corrected chi connectivity index (χ4v) is 3.43. The molecule has 0 radical (unpaired) electrons. The number of piperidine rings is 1. The van der Waals surface area contributed by atoms with E-state index in [1.54, 1.807) is 6.20 Å². The molecule has 2 saturated heterocycles.